The molecule has 0 aliphatic carbocycles. The molecule has 0 saturated carbocycles. The van der Waals surface area contributed by atoms with E-state index in [4.69, 9.17) is 5.11 Å². The van der Waals surface area contributed by atoms with Crippen LogP contribution in [0.1, 0.15) is 71.6 Å². The Labute approximate surface area is 151 Å². The highest BCUT2D eigenvalue weighted by molar-refractivity contribution is 5.86. The first-order valence-electron chi connectivity index (χ1n) is 9.31. The number of aliphatic carboxylic acids is 1. The van der Waals surface area contributed by atoms with Crippen LogP contribution < -0.4 is 10.6 Å². The molecule has 0 aliphatic heterocycles. The summed E-state index contributed by atoms with van der Waals surface area (Å²) >= 11 is 0. The van der Waals surface area contributed by atoms with Gasteiger partial charge in [-0.2, -0.15) is 0 Å². The molecule has 0 aromatic rings. The maximum Gasteiger partial charge on any atom is 0.326 e. The topological polar surface area (TPSA) is 95.5 Å². The lowest BCUT2D eigenvalue weighted by Gasteiger charge is -2.17. The van der Waals surface area contributed by atoms with Crippen LogP contribution >= 0.6 is 0 Å². The van der Waals surface area contributed by atoms with Gasteiger partial charge >= 0.3 is 5.97 Å². The maximum atomic E-state index is 11.8. The highest BCUT2D eigenvalue weighted by atomic mass is 16.4. The van der Waals surface area contributed by atoms with Crippen LogP contribution in [-0.4, -0.2) is 35.5 Å². The maximum absolute atomic E-state index is 11.8. The molecule has 0 unspecified atom stereocenters. The first-order chi connectivity index (χ1) is 11.9. The number of unbranched alkanes of at least 4 members (excludes halogenated alkanes) is 7. The molecule has 0 rings (SSSR count). The zero-order valence-electron chi connectivity index (χ0n) is 15.7. The molecule has 0 spiro atoms. The van der Waals surface area contributed by atoms with Crippen molar-refractivity contribution < 1.29 is 19.5 Å². The van der Waals surface area contributed by atoms with E-state index in [0.29, 0.717) is 13.0 Å². The fourth-order valence-electron chi connectivity index (χ4n) is 2.51. The number of hydrogen-bond acceptors (Lipinski definition) is 3. The molecule has 6 nitrogen and oxygen atoms in total. The van der Waals surface area contributed by atoms with E-state index >= 15 is 0 Å². The highest BCUT2D eigenvalue weighted by Crippen LogP contribution is 2.10. The molecule has 1 atom stereocenters. The van der Waals surface area contributed by atoms with Gasteiger partial charge in [0, 0.05) is 13.0 Å². The van der Waals surface area contributed by atoms with Crippen LogP contribution in [0.25, 0.3) is 0 Å². The molecule has 25 heavy (non-hydrogen) atoms. The van der Waals surface area contributed by atoms with Crippen LogP contribution in [-0.2, 0) is 14.4 Å². The third kappa shape index (κ3) is 13.2. The van der Waals surface area contributed by atoms with Gasteiger partial charge < -0.3 is 15.7 Å². The van der Waals surface area contributed by atoms with E-state index in [-0.39, 0.29) is 17.7 Å². The van der Waals surface area contributed by atoms with Crippen molar-refractivity contribution in [1.29, 1.82) is 0 Å². The molecule has 0 saturated heterocycles. The summed E-state index contributed by atoms with van der Waals surface area (Å²) in [6, 6.07) is -0.802. The van der Waals surface area contributed by atoms with Crippen molar-refractivity contribution in [2.24, 2.45) is 5.92 Å². The van der Waals surface area contributed by atoms with E-state index in [1.807, 2.05) is 0 Å². The molecule has 0 radical (unpaired) electrons. The highest BCUT2D eigenvalue weighted by Gasteiger charge is 2.22. The molecule has 0 bridgehead atoms. The van der Waals surface area contributed by atoms with Crippen LogP contribution in [0, 0.1) is 5.92 Å². The molecule has 0 aromatic heterocycles. The fraction of sp³-hybridized carbons (Fsp3) is 0.737. The second kappa shape index (κ2) is 14.5. The Morgan fingerprint density at radius 3 is 1.96 bits per heavy atom. The lowest BCUT2D eigenvalue weighted by Crippen LogP contribution is -2.44. The van der Waals surface area contributed by atoms with E-state index in [2.05, 4.69) is 17.2 Å². The summed E-state index contributed by atoms with van der Waals surface area (Å²) in [7, 11) is 0. The minimum absolute atomic E-state index is 0.118. The molecular weight excluding hydrogens is 320 g/mol. The molecule has 0 fully saturated rings. The molecule has 144 valence electrons. The van der Waals surface area contributed by atoms with Crippen molar-refractivity contribution >= 4 is 17.8 Å². The molecule has 2 amide bonds. The average molecular weight is 354 g/mol. The Hall–Kier alpha value is -1.85. The van der Waals surface area contributed by atoms with Crippen LogP contribution in [0.2, 0.25) is 0 Å². The van der Waals surface area contributed by atoms with Gasteiger partial charge in [0.2, 0.25) is 11.8 Å². The summed E-state index contributed by atoms with van der Waals surface area (Å²) in [6.07, 6.45) is 10.1. The monoisotopic (exact) mass is 354 g/mol. The number of amides is 2. The first kappa shape index (κ1) is 23.1. The van der Waals surface area contributed by atoms with E-state index in [1.165, 1.54) is 6.08 Å². The van der Waals surface area contributed by atoms with Gasteiger partial charge in [0.1, 0.15) is 6.04 Å². The number of carboxylic acids is 1. The zero-order chi connectivity index (χ0) is 19.1. The molecule has 0 aliphatic rings. The van der Waals surface area contributed by atoms with Gasteiger partial charge in [0.15, 0.2) is 0 Å². The number of rotatable bonds is 15. The summed E-state index contributed by atoms with van der Waals surface area (Å²) in [4.78, 5) is 33.7. The number of nitrogens with one attached hydrogen (secondary N) is 2. The van der Waals surface area contributed by atoms with Gasteiger partial charge in [0.25, 0.3) is 0 Å². The summed E-state index contributed by atoms with van der Waals surface area (Å²) < 4.78 is 0. The summed E-state index contributed by atoms with van der Waals surface area (Å²) in [6.45, 7) is 7.67. The average Bonchev–Trinajstić information content (AvgIpc) is 2.56. The van der Waals surface area contributed by atoms with E-state index in [1.54, 1.807) is 13.8 Å². The van der Waals surface area contributed by atoms with Crippen molar-refractivity contribution in [1.82, 2.24) is 10.6 Å². The summed E-state index contributed by atoms with van der Waals surface area (Å²) in [5.41, 5.74) is 0. The van der Waals surface area contributed by atoms with Crippen molar-refractivity contribution in [3.63, 3.8) is 0 Å². The number of carbonyl (C=O) groups excluding carboxylic acids is 2. The van der Waals surface area contributed by atoms with Crippen molar-refractivity contribution in [3.8, 4) is 0 Å². The Morgan fingerprint density at radius 1 is 0.960 bits per heavy atom. The van der Waals surface area contributed by atoms with Crippen molar-refractivity contribution in [2.75, 3.05) is 6.54 Å². The molecule has 6 heteroatoms. The predicted molar refractivity (Wildman–Crippen MR) is 99.2 cm³/mol. The van der Waals surface area contributed by atoms with Gasteiger partial charge in [-0.1, -0.05) is 59.0 Å². The van der Waals surface area contributed by atoms with Gasteiger partial charge in [-0.05, 0) is 24.8 Å². The number of carbonyl (C=O) groups is 3. The Bertz CT molecular complexity index is 422. The molecular formula is C19H34N2O4. The smallest absolute Gasteiger partial charge is 0.326 e. The summed E-state index contributed by atoms with van der Waals surface area (Å²) in [5, 5.41) is 14.4. The van der Waals surface area contributed by atoms with Crippen LogP contribution in [0.4, 0.5) is 0 Å². The minimum Gasteiger partial charge on any atom is -0.480 e. The second-order valence-electron chi connectivity index (χ2n) is 6.70. The zero-order valence-corrected chi connectivity index (χ0v) is 15.7. The largest absolute Gasteiger partial charge is 0.480 e. The molecule has 3 N–H and O–H groups in total. The van der Waals surface area contributed by atoms with E-state index in [9.17, 15) is 14.4 Å². The van der Waals surface area contributed by atoms with E-state index < -0.39 is 12.0 Å². The van der Waals surface area contributed by atoms with Crippen LogP contribution in [0.5, 0.6) is 0 Å². The number of hydrogen-bond donors (Lipinski definition) is 3. The van der Waals surface area contributed by atoms with Crippen LogP contribution in [0.3, 0.4) is 0 Å². The van der Waals surface area contributed by atoms with Gasteiger partial charge in [-0.25, -0.2) is 4.79 Å². The normalized spacial score (nSPS) is 11.8. The third-order valence-electron chi connectivity index (χ3n) is 4.06. The van der Waals surface area contributed by atoms with Crippen molar-refractivity contribution in [2.45, 2.75) is 77.7 Å². The van der Waals surface area contributed by atoms with Gasteiger partial charge in [0.05, 0.1) is 0 Å². The molecule has 0 aromatic carbocycles. The third-order valence-corrected chi connectivity index (χ3v) is 4.06. The predicted octanol–water partition coefficient (Wildman–Crippen LogP) is 3.02. The quantitative estimate of drug-likeness (QED) is 0.311. The van der Waals surface area contributed by atoms with Crippen molar-refractivity contribution in [3.05, 3.63) is 12.7 Å². The minimum atomic E-state index is -0.979. The lowest BCUT2D eigenvalue weighted by molar-refractivity contribution is -0.143. The second-order valence-corrected chi connectivity index (χ2v) is 6.70. The standard InChI is InChI=1S/C19H34N2O4/c1-4-16(22)20-14-12-10-8-6-5-7-9-11-13-17(23)21-18(15(2)3)19(24)25/h4,15,18H,1,5-14H2,2-3H3,(H,20,22)(H,21,23)(H,24,25)/t18-/m0/s1. The van der Waals surface area contributed by atoms with Gasteiger partial charge in [-0.15, -0.1) is 0 Å². The Balaban J connectivity index is 3.49. The summed E-state index contributed by atoms with van der Waals surface area (Å²) in [5.74, 6) is -1.39. The number of carboxylic acid groups (broad SMARTS) is 1. The molecule has 0 heterocycles. The van der Waals surface area contributed by atoms with Crippen LogP contribution in [0.15, 0.2) is 12.7 Å². The Morgan fingerprint density at radius 2 is 1.48 bits per heavy atom. The fourth-order valence-corrected chi connectivity index (χ4v) is 2.51. The van der Waals surface area contributed by atoms with Gasteiger partial charge in [-0.3, -0.25) is 9.59 Å². The SMILES string of the molecule is C=CC(=O)NCCCCCCCCCCC(=O)N[C@H](C(=O)O)C(C)C. The van der Waals surface area contributed by atoms with E-state index in [0.717, 1.165) is 51.4 Å². The lowest BCUT2D eigenvalue weighted by atomic mass is 10.0. The first-order valence-corrected chi connectivity index (χ1v) is 9.31. The Kier molecular flexibility index (Phi) is 13.4.